The Bertz CT molecular complexity index is 518. The highest BCUT2D eigenvalue weighted by atomic mass is 35.5. The lowest BCUT2D eigenvalue weighted by Crippen LogP contribution is -2.44. The van der Waals surface area contributed by atoms with Crippen molar-refractivity contribution < 1.29 is 14.3 Å². The fourth-order valence-electron chi connectivity index (χ4n) is 3.09. The highest BCUT2D eigenvalue weighted by Crippen LogP contribution is 2.35. The van der Waals surface area contributed by atoms with Crippen LogP contribution in [0.25, 0.3) is 0 Å². The third-order valence-corrected chi connectivity index (χ3v) is 4.35. The average Bonchev–Trinajstić information content (AvgIpc) is 2.54. The van der Waals surface area contributed by atoms with Crippen LogP contribution in [0.2, 0.25) is 0 Å². The summed E-state index contributed by atoms with van der Waals surface area (Å²) in [6.45, 7) is 1.82. The molecule has 114 valence electrons. The van der Waals surface area contributed by atoms with Gasteiger partial charge in [0.25, 0.3) is 5.91 Å². The first-order valence-corrected chi connectivity index (χ1v) is 8.10. The van der Waals surface area contributed by atoms with E-state index in [1.807, 2.05) is 23.1 Å². The molecule has 1 unspecified atom stereocenters. The highest BCUT2D eigenvalue weighted by molar-refractivity contribution is 6.17. The molecule has 21 heavy (non-hydrogen) atoms. The van der Waals surface area contributed by atoms with Crippen molar-refractivity contribution >= 4 is 17.5 Å². The molecule has 4 nitrogen and oxygen atoms in total. The van der Waals surface area contributed by atoms with Crippen molar-refractivity contribution in [1.82, 2.24) is 4.90 Å². The van der Waals surface area contributed by atoms with Crippen molar-refractivity contribution in [3.63, 3.8) is 0 Å². The van der Waals surface area contributed by atoms with Gasteiger partial charge in [0.15, 0.2) is 11.5 Å². The Labute approximate surface area is 130 Å². The number of hydrogen-bond acceptors (Lipinski definition) is 3. The van der Waals surface area contributed by atoms with Gasteiger partial charge in [0.05, 0.1) is 5.56 Å². The van der Waals surface area contributed by atoms with Crippen molar-refractivity contribution in [3.8, 4) is 11.5 Å². The topological polar surface area (TPSA) is 38.8 Å². The van der Waals surface area contributed by atoms with Gasteiger partial charge in [-0.25, -0.2) is 0 Å². The minimum atomic E-state index is 0.0344. The van der Waals surface area contributed by atoms with E-state index in [0.717, 1.165) is 32.2 Å². The van der Waals surface area contributed by atoms with Gasteiger partial charge in [-0.1, -0.05) is 6.07 Å². The largest absolute Gasteiger partial charge is 0.486 e. The number of carbonyl (C=O) groups excluding carboxylic acids is 1. The smallest absolute Gasteiger partial charge is 0.258 e. The Balaban J connectivity index is 1.87. The molecule has 1 aromatic carbocycles. The summed E-state index contributed by atoms with van der Waals surface area (Å²) in [4.78, 5) is 14.9. The first-order chi connectivity index (χ1) is 10.3. The number of nitrogens with zero attached hydrogens (tertiary/aromatic N) is 1. The number of likely N-dealkylation sites (tertiary alicyclic amines) is 1. The number of alkyl halides is 1. The molecule has 5 heteroatoms. The number of halogens is 1. The Morgan fingerprint density at radius 1 is 1.29 bits per heavy atom. The van der Waals surface area contributed by atoms with E-state index in [4.69, 9.17) is 21.1 Å². The lowest BCUT2D eigenvalue weighted by atomic mass is 9.98. The average molecular weight is 310 g/mol. The van der Waals surface area contributed by atoms with Gasteiger partial charge in [0, 0.05) is 18.5 Å². The summed E-state index contributed by atoms with van der Waals surface area (Å²) >= 11 is 5.88. The second-order valence-corrected chi connectivity index (χ2v) is 5.83. The van der Waals surface area contributed by atoms with E-state index >= 15 is 0 Å². The Kier molecular flexibility index (Phi) is 4.54. The molecule has 2 heterocycles. The molecular weight excluding hydrogens is 290 g/mol. The summed E-state index contributed by atoms with van der Waals surface area (Å²) < 4.78 is 11.2. The number of benzene rings is 1. The number of piperidine rings is 1. The van der Waals surface area contributed by atoms with Crippen molar-refractivity contribution in [2.24, 2.45) is 0 Å². The number of fused-ring (bicyclic) bond motifs is 1. The Morgan fingerprint density at radius 3 is 3.00 bits per heavy atom. The first kappa shape index (κ1) is 14.5. The monoisotopic (exact) mass is 309 g/mol. The molecule has 0 aromatic heterocycles. The Hall–Kier alpha value is -1.42. The second kappa shape index (κ2) is 6.56. The van der Waals surface area contributed by atoms with Gasteiger partial charge in [-0.3, -0.25) is 4.79 Å². The van der Waals surface area contributed by atoms with Gasteiger partial charge in [-0.2, -0.15) is 0 Å². The Morgan fingerprint density at radius 2 is 2.14 bits per heavy atom. The van der Waals surface area contributed by atoms with Crippen LogP contribution in [0.4, 0.5) is 0 Å². The molecule has 0 saturated carbocycles. The van der Waals surface area contributed by atoms with Crippen LogP contribution in [0.15, 0.2) is 18.2 Å². The third-order valence-electron chi connectivity index (χ3n) is 4.13. The van der Waals surface area contributed by atoms with E-state index < -0.39 is 0 Å². The second-order valence-electron chi connectivity index (χ2n) is 5.46. The molecular formula is C16H20ClNO3. The van der Waals surface area contributed by atoms with Gasteiger partial charge in [0.1, 0.15) is 13.2 Å². The number of carbonyl (C=O) groups is 1. The van der Waals surface area contributed by atoms with Gasteiger partial charge >= 0.3 is 0 Å². The van der Waals surface area contributed by atoms with Crippen LogP contribution in [-0.4, -0.2) is 42.5 Å². The lowest BCUT2D eigenvalue weighted by Gasteiger charge is -2.36. The maximum absolute atomic E-state index is 12.9. The summed E-state index contributed by atoms with van der Waals surface area (Å²) in [5.41, 5.74) is 0.605. The van der Waals surface area contributed by atoms with Crippen LogP contribution >= 0.6 is 11.6 Å². The zero-order valence-corrected chi connectivity index (χ0v) is 12.8. The van der Waals surface area contributed by atoms with Gasteiger partial charge in [-0.05, 0) is 37.8 Å². The van der Waals surface area contributed by atoms with Crippen molar-refractivity contribution in [2.45, 2.75) is 31.7 Å². The van der Waals surface area contributed by atoms with Crippen LogP contribution in [0.3, 0.4) is 0 Å². The van der Waals surface area contributed by atoms with Crippen LogP contribution in [0.5, 0.6) is 11.5 Å². The third kappa shape index (κ3) is 2.95. The van der Waals surface area contributed by atoms with E-state index in [0.29, 0.717) is 36.2 Å². The van der Waals surface area contributed by atoms with Crippen molar-refractivity contribution in [3.05, 3.63) is 23.8 Å². The molecule has 1 aromatic rings. The molecule has 2 aliphatic rings. The van der Waals surface area contributed by atoms with Gasteiger partial charge in [0.2, 0.25) is 0 Å². The molecule has 2 aliphatic heterocycles. The molecule has 0 aliphatic carbocycles. The van der Waals surface area contributed by atoms with Crippen LogP contribution < -0.4 is 9.47 Å². The van der Waals surface area contributed by atoms with E-state index in [-0.39, 0.29) is 11.9 Å². The summed E-state index contributed by atoms with van der Waals surface area (Å²) in [6, 6.07) is 5.75. The fraction of sp³-hybridized carbons (Fsp3) is 0.562. The predicted octanol–water partition coefficient (Wildman–Crippen LogP) is 3.08. The minimum absolute atomic E-state index is 0.0344. The number of ether oxygens (including phenoxy) is 2. The molecule has 1 fully saturated rings. The molecule has 3 rings (SSSR count). The summed E-state index contributed by atoms with van der Waals surface area (Å²) in [5.74, 6) is 1.87. The van der Waals surface area contributed by atoms with E-state index in [9.17, 15) is 4.79 Å². The fourth-order valence-corrected chi connectivity index (χ4v) is 3.34. The van der Waals surface area contributed by atoms with Crippen molar-refractivity contribution in [2.75, 3.05) is 25.6 Å². The quantitative estimate of drug-likeness (QED) is 0.805. The molecule has 1 amide bonds. The standard InChI is InChI=1S/C16H20ClNO3/c17-8-7-12-4-1-2-9-18(12)16(19)13-5-3-6-14-15(13)21-11-10-20-14/h3,5-6,12H,1-2,4,7-11H2. The number of amides is 1. The van der Waals surface area contributed by atoms with Crippen LogP contribution in [-0.2, 0) is 0 Å². The van der Waals surface area contributed by atoms with E-state index in [2.05, 4.69) is 0 Å². The summed E-state index contributed by atoms with van der Waals surface area (Å²) in [6.07, 6.45) is 4.10. The molecule has 1 atom stereocenters. The summed E-state index contributed by atoms with van der Waals surface area (Å²) in [5, 5.41) is 0. The SMILES string of the molecule is O=C(c1cccc2c1OCCO2)N1CCCCC1CCCl. The van der Waals surface area contributed by atoms with E-state index in [1.54, 1.807) is 0 Å². The predicted molar refractivity (Wildman–Crippen MR) is 81.4 cm³/mol. The molecule has 0 radical (unpaired) electrons. The lowest BCUT2D eigenvalue weighted by molar-refractivity contribution is 0.0600. The molecule has 0 bridgehead atoms. The van der Waals surface area contributed by atoms with E-state index in [1.165, 1.54) is 0 Å². The molecule has 1 saturated heterocycles. The maximum atomic E-state index is 12.9. The van der Waals surface area contributed by atoms with Crippen molar-refractivity contribution in [1.29, 1.82) is 0 Å². The molecule has 0 N–H and O–H groups in total. The summed E-state index contributed by atoms with van der Waals surface area (Å²) in [7, 11) is 0. The van der Waals surface area contributed by atoms with Gasteiger partial charge in [-0.15, -0.1) is 11.6 Å². The number of hydrogen-bond donors (Lipinski definition) is 0. The normalized spacial score (nSPS) is 21.2. The maximum Gasteiger partial charge on any atom is 0.258 e. The highest BCUT2D eigenvalue weighted by Gasteiger charge is 2.30. The first-order valence-electron chi connectivity index (χ1n) is 7.57. The van der Waals surface area contributed by atoms with Gasteiger partial charge < -0.3 is 14.4 Å². The minimum Gasteiger partial charge on any atom is -0.486 e. The zero-order valence-electron chi connectivity index (χ0n) is 12.0. The van der Waals surface area contributed by atoms with Crippen LogP contribution in [0.1, 0.15) is 36.0 Å². The number of rotatable bonds is 3. The van der Waals surface area contributed by atoms with Crippen LogP contribution in [0, 0.1) is 0 Å². The zero-order chi connectivity index (χ0) is 14.7. The number of para-hydroxylation sites is 1. The molecule has 0 spiro atoms.